The number of thiocarbonyl (C=S) groups is 1. The molecule has 2 aromatic rings. The van der Waals surface area contributed by atoms with Crippen LogP contribution in [0.15, 0.2) is 36.5 Å². The normalized spacial score (nSPS) is 10.2. The van der Waals surface area contributed by atoms with Gasteiger partial charge < -0.3 is 10.6 Å². The SMILES string of the molecule is Cc1cccnc1NC(=S)NCCc1c(F)cccc1Cl. The van der Waals surface area contributed by atoms with Crippen LogP contribution < -0.4 is 10.6 Å². The van der Waals surface area contributed by atoms with Gasteiger partial charge in [-0.1, -0.05) is 23.7 Å². The zero-order chi connectivity index (χ0) is 15.2. The zero-order valence-electron chi connectivity index (χ0n) is 11.5. The average Bonchev–Trinajstić information content (AvgIpc) is 2.45. The van der Waals surface area contributed by atoms with Crippen molar-refractivity contribution >= 4 is 34.7 Å². The van der Waals surface area contributed by atoms with Crippen LogP contribution in [0.3, 0.4) is 0 Å². The second kappa shape index (κ2) is 7.33. The molecule has 0 atom stereocenters. The van der Waals surface area contributed by atoms with Gasteiger partial charge in [-0.3, -0.25) is 0 Å². The second-order valence-electron chi connectivity index (χ2n) is 4.50. The first-order chi connectivity index (χ1) is 10.1. The van der Waals surface area contributed by atoms with Crippen molar-refractivity contribution in [2.75, 3.05) is 11.9 Å². The number of rotatable bonds is 4. The van der Waals surface area contributed by atoms with Gasteiger partial charge in [0.1, 0.15) is 11.6 Å². The molecule has 0 unspecified atom stereocenters. The van der Waals surface area contributed by atoms with Crippen molar-refractivity contribution in [2.45, 2.75) is 13.3 Å². The Kier molecular flexibility index (Phi) is 5.47. The Bertz CT molecular complexity index is 628. The molecule has 1 aromatic carbocycles. The fourth-order valence-corrected chi connectivity index (χ4v) is 2.30. The number of hydrogen-bond donors (Lipinski definition) is 2. The summed E-state index contributed by atoms with van der Waals surface area (Å²) in [4.78, 5) is 4.19. The minimum absolute atomic E-state index is 0.302. The number of aryl methyl sites for hydroxylation is 1. The van der Waals surface area contributed by atoms with Crippen LogP contribution >= 0.6 is 23.8 Å². The Morgan fingerprint density at radius 1 is 1.33 bits per heavy atom. The summed E-state index contributed by atoms with van der Waals surface area (Å²) in [6, 6.07) is 8.46. The van der Waals surface area contributed by atoms with Crippen LogP contribution in [0.4, 0.5) is 10.2 Å². The lowest BCUT2D eigenvalue weighted by Gasteiger charge is -2.12. The Labute approximate surface area is 133 Å². The van der Waals surface area contributed by atoms with E-state index in [-0.39, 0.29) is 5.82 Å². The van der Waals surface area contributed by atoms with Crippen LogP contribution in [0.5, 0.6) is 0 Å². The van der Waals surface area contributed by atoms with Gasteiger partial charge in [0, 0.05) is 23.3 Å². The van der Waals surface area contributed by atoms with E-state index < -0.39 is 0 Å². The van der Waals surface area contributed by atoms with Gasteiger partial charge in [-0.15, -0.1) is 0 Å². The fourth-order valence-electron chi connectivity index (χ4n) is 1.84. The molecule has 2 rings (SSSR count). The van der Waals surface area contributed by atoms with E-state index in [4.69, 9.17) is 23.8 Å². The second-order valence-corrected chi connectivity index (χ2v) is 5.32. The summed E-state index contributed by atoms with van der Waals surface area (Å²) in [6.45, 7) is 2.43. The van der Waals surface area contributed by atoms with Crippen LogP contribution in [0, 0.1) is 12.7 Å². The van der Waals surface area contributed by atoms with Crippen LogP contribution in [-0.2, 0) is 6.42 Å². The lowest BCUT2D eigenvalue weighted by Crippen LogP contribution is -2.31. The lowest BCUT2D eigenvalue weighted by atomic mass is 10.1. The zero-order valence-corrected chi connectivity index (χ0v) is 13.1. The molecule has 110 valence electrons. The maximum atomic E-state index is 13.6. The maximum Gasteiger partial charge on any atom is 0.171 e. The smallest absolute Gasteiger partial charge is 0.171 e. The first-order valence-electron chi connectivity index (χ1n) is 6.47. The largest absolute Gasteiger partial charge is 0.362 e. The van der Waals surface area contributed by atoms with E-state index in [1.165, 1.54) is 6.07 Å². The monoisotopic (exact) mass is 323 g/mol. The number of halogens is 2. The summed E-state index contributed by atoms with van der Waals surface area (Å²) >= 11 is 11.2. The van der Waals surface area contributed by atoms with E-state index in [1.807, 2.05) is 19.1 Å². The van der Waals surface area contributed by atoms with Gasteiger partial charge >= 0.3 is 0 Å². The van der Waals surface area contributed by atoms with Gasteiger partial charge in [0.15, 0.2) is 5.11 Å². The van der Waals surface area contributed by atoms with Crippen molar-refractivity contribution in [3.8, 4) is 0 Å². The molecule has 6 heteroatoms. The number of aromatic nitrogens is 1. The topological polar surface area (TPSA) is 37.0 Å². The molecule has 0 spiro atoms. The molecule has 0 radical (unpaired) electrons. The predicted molar refractivity (Wildman–Crippen MR) is 88.3 cm³/mol. The summed E-state index contributed by atoms with van der Waals surface area (Å²) in [5.74, 6) is 0.405. The molecular formula is C15H15ClFN3S. The molecule has 2 N–H and O–H groups in total. The minimum Gasteiger partial charge on any atom is -0.362 e. The summed E-state index contributed by atoms with van der Waals surface area (Å²) in [5, 5.41) is 6.90. The van der Waals surface area contributed by atoms with E-state index in [0.29, 0.717) is 34.5 Å². The highest BCUT2D eigenvalue weighted by Crippen LogP contribution is 2.19. The van der Waals surface area contributed by atoms with E-state index >= 15 is 0 Å². The molecule has 0 aliphatic carbocycles. The van der Waals surface area contributed by atoms with Gasteiger partial charge in [0.2, 0.25) is 0 Å². The molecule has 0 saturated heterocycles. The molecule has 0 aliphatic heterocycles. The third kappa shape index (κ3) is 4.37. The molecular weight excluding hydrogens is 309 g/mol. The highest BCUT2D eigenvalue weighted by atomic mass is 35.5. The number of benzene rings is 1. The molecule has 0 aliphatic rings. The number of nitrogens with zero attached hydrogens (tertiary/aromatic N) is 1. The van der Waals surface area contributed by atoms with Crippen LogP contribution in [0.1, 0.15) is 11.1 Å². The number of anilines is 1. The number of pyridine rings is 1. The van der Waals surface area contributed by atoms with E-state index in [2.05, 4.69) is 15.6 Å². The van der Waals surface area contributed by atoms with Crippen molar-refractivity contribution in [1.82, 2.24) is 10.3 Å². The summed E-state index contributed by atoms with van der Waals surface area (Å²) < 4.78 is 13.6. The van der Waals surface area contributed by atoms with Gasteiger partial charge in [-0.2, -0.15) is 0 Å². The molecule has 0 amide bonds. The molecule has 1 aromatic heterocycles. The van der Waals surface area contributed by atoms with E-state index in [0.717, 1.165) is 5.56 Å². The standard InChI is InChI=1S/C15H15ClFN3S/c1-10-4-3-8-18-14(10)20-15(21)19-9-7-11-12(16)5-2-6-13(11)17/h2-6,8H,7,9H2,1H3,(H2,18,19,20,21). The molecule has 21 heavy (non-hydrogen) atoms. The van der Waals surface area contributed by atoms with Crippen molar-refractivity contribution in [3.05, 3.63) is 58.5 Å². The van der Waals surface area contributed by atoms with Crippen molar-refractivity contribution in [1.29, 1.82) is 0 Å². The Balaban J connectivity index is 1.86. The molecule has 0 bridgehead atoms. The van der Waals surface area contributed by atoms with Crippen molar-refractivity contribution in [3.63, 3.8) is 0 Å². The number of hydrogen-bond acceptors (Lipinski definition) is 2. The maximum absolute atomic E-state index is 13.6. The summed E-state index contributed by atoms with van der Waals surface area (Å²) in [6.07, 6.45) is 2.14. The van der Waals surface area contributed by atoms with Gasteiger partial charge in [0.05, 0.1) is 0 Å². The van der Waals surface area contributed by atoms with E-state index in [9.17, 15) is 4.39 Å². The first kappa shape index (κ1) is 15.7. The Morgan fingerprint density at radius 3 is 2.86 bits per heavy atom. The Hall–Kier alpha value is -1.72. The molecule has 0 fully saturated rings. The van der Waals surface area contributed by atoms with Crippen LogP contribution in [0.25, 0.3) is 0 Å². The average molecular weight is 324 g/mol. The summed E-state index contributed by atoms with van der Waals surface area (Å²) in [5.41, 5.74) is 1.49. The van der Waals surface area contributed by atoms with E-state index in [1.54, 1.807) is 18.3 Å². The Morgan fingerprint density at radius 2 is 2.14 bits per heavy atom. The predicted octanol–water partition coefficient (Wildman–Crippen LogP) is 3.71. The third-order valence-corrected chi connectivity index (χ3v) is 3.56. The summed E-state index contributed by atoms with van der Waals surface area (Å²) in [7, 11) is 0. The molecule has 3 nitrogen and oxygen atoms in total. The van der Waals surface area contributed by atoms with Crippen molar-refractivity contribution in [2.24, 2.45) is 0 Å². The highest BCUT2D eigenvalue weighted by molar-refractivity contribution is 7.80. The first-order valence-corrected chi connectivity index (χ1v) is 7.26. The van der Waals surface area contributed by atoms with Gasteiger partial charge in [-0.05, 0) is 49.3 Å². The van der Waals surface area contributed by atoms with Crippen LogP contribution in [-0.4, -0.2) is 16.6 Å². The number of nitrogens with one attached hydrogen (secondary N) is 2. The van der Waals surface area contributed by atoms with Crippen molar-refractivity contribution < 1.29 is 4.39 Å². The van der Waals surface area contributed by atoms with Crippen LogP contribution in [0.2, 0.25) is 5.02 Å². The quantitative estimate of drug-likeness (QED) is 0.841. The highest BCUT2D eigenvalue weighted by Gasteiger charge is 2.07. The fraction of sp³-hybridized carbons (Fsp3) is 0.200. The third-order valence-electron chi connectivity index (χ3n) is 2.96. The minimum atomic E-state index is -0.302. The lowest BCUT2D eigenvalue weighted by molar-refractivity contribution is 0.607. The van der Waals surface area contributed by atoms with Gasteiger partial charge in [0.25, 0.3) is 0 Å². The molecule has 0 saturated carbocycles. The van der Waals surface area contributed by atoms with Gasteiger partial charge in [-0.25, -0.2) is 9.37 Å². The molecule has 1 heterocycles.